The van der Waals surface area contributed by atoms with Crippen molar-refractivity contribution >= 4 is 11.7 Å². The van der Waals surface area contributed by atoms with Crippen LogP contribution in [0.5, 0.6) is 0 Å². The van der Waals surface area contributed by atoms with Crippen molar-refractivity contribution in [1.29, 1.82) is 0 Å². The van der Waals surface area contributed by atoms with Crippen LogP contribution in [0.25, 0.3) is 0 Å². The summed E-state index contributed by atoms with van der Waals surface area (Å²) < 4.78 is 4.59. The summed E-state index contributed by atoms with van der Waals surface area (Å²) in [6.45, 7) is 3.07. The van der Waals surface area contributed by atoms with E-state index in [4.69, 9.17) is 0 Å². The summed E-state index contributed by atoms with van der Waals surface area (Å²) in [6.07, 6.45) is 0. The van der Waals surface area contributed by atoms with Crippen LogP contribution in [0.2, 0.25) is 0 Å². The number of carbonyl (C=O) groups is 1. The Morgan fingerprint density at radius 3 is 2.80 bits per heavy atom. The molecule has 0 spiro atoms. The Hall–Kier alpha value is -1.39. The maximum absolute atomic E-state index is 10.4. The molecule has 0 bridgehead atoms. The van der Waals surface area contributed by atoms with Crippen molar-refractivity contribution in [1.82, 2.24) is 10.4 Å². The highest BCUT2D eigenvalue weighted by molar-refractivity contribution is 5.87. The number of anilines is 1. The number of carbonyl (C=O) groups excluding carboxylic acids is 1. The van der Waals surface area contributed by atoms with E-state index in [9.17, 15) is 4.79 Å². The Labute approximate surface area is 57.4 Å². The van der Waals surface area contributed by atoms with Gasteiger partial charge in [0.15, 0.2) is 11.6 Å². The predicted octanol–water partition coefficient (Wildman–Crippen LogP) is 0.336. The van der Waals surface area contributed by atoms with E-state index in [1.165, 1.54) is 6.92 Å². The zero-order valence-electron chi connectivity index (χ0n) is 5.71. The van der Waals surface area contributed by atoms with Crippen molar-refractivity contribution in [2.45, 2.75) is 13.8 Å². The van der Waals surface area contributed by atoms with Gasteiger partial charge in [-0.25, -0.2) is 0 Å². The van der Waals surface area contributed by atoms with Crippen LogP contribution in [-0.4, -0.2) is 16.3 Å². The van der Waals surface area contributed by atoms with Crippen LogP contribution in [0.4, 0.5) is 5.82 Å². The van der Waals surface area contributed by atoms with Crippen molar-refractivity contribution in [2.75, 3.05) is 5.32 Å². The molecule has 0 aliphatic carbocycles. The van der Waals surface area contributed by atoms with E-state index >= 15 is 0 Å². The average molecular weight is 141 g/mol. The molecule has 0 unspecified atom stereocenters. The molecular weight excluding hydrogens is 134 g/mol. The van der Waals surface area contributed by atoms with Gasteiger partial charge in [-0.05, 0) is 0 Å². The molecule has 0 aromatic carbocycles. The first-order valence-electron chi connectivity index (χ1n) is 2.76. The second-order valence-electron chi connectivity index (χ2n) is 1.86. The monoisotopic (exact) mass is 141 g/mol. The smallest absolute Gasteiger partial charge is 0.222 e. The van der Waals surface area contributed by atoms with Gasteiger partial charge in [0.25, 0.3) is 0 Å². The molecule has 1 aromatic heterocycles. The van der Waals surface area contributed by atoms with Crippen molar-refractivity contribution in [3.63, 3.8) is 0 Å². The molecule has 5 nitrogen and oxygen atoms in total. The molecule has 0 saturated carbocycles. The first kappa shape index (κ1) is 6.73. The Morgan fingerprint density at radius 2 is 2.40 bits per heavy atom. The zero-order valence-corrected chi connectivity index (χ0v) is 5.71. The minimum Gasteiger partial charge on any atom is -0.340 e. The average Bonchev–Trinajstić information content (AvgIpc) is 2.15. The van der Waals surface area contributed by atoms with Gasteiger partial charge >= 0.3 is 0 Å². The molecule has 0 aliphatic heterocycles. The summed E-state index contributed by atoms with van der Waals surface area (Å²) in [5.41, 5.74) is 0. The highest BCUT2D eigenvalue weighted by atomic mass is 16.5. The standard InChI is InChI=1S/C5H7N3O2/c1-3-5(6-4(2)9)7-8-10-3/h1-2H3,(H,6,9). The Balaban J connectivity index is 2.74. The van der Waals surface area contributed by atoms with Gasteiger partial charge in [-0.2, -0.15) is 0 Å². The molecule has 0 aliphatic rings. The number of aromatic nitrogens is 2. The van der Waals surface area contributed by atoms with E-state index in [-0.39, 0.29) is 5.91 Å². The molecule has 1 N–H and O–H groups in total. The lowest BCUT2D eigenvalue weighted by Gasteiger charge is -1.92. The van der Waals surface area contributed by atoms with Crippen LogP contribution < -0.4 is 5.32 Å². The second kappa shape index (κ2) is 2.47. The molecule has 1 amide bonds. The van der Waals surface area contributed by atoms with Crippen LogP contribution >= 0.6 is 0 Å². The Kier molecular flexibility index (Phi) is 1.66. The number of aryl methyl sites for hydroxylation is 1. The molecular formula is C5H7N3O2. The van der Waals surface area contributed by atoms with Crippen LogP contribution in [0, 0.1) is 6.92 Å². The van der Waals surface area contributed by atoms with Gasteiger partial charge in [-0.3, -0.25) is 4.79 Å². The lowest BCUT2D eigenvalue weighted by Crippen LogP contribution is -2.06. The number of rotatable bonds is 1. The first-order valence-corrected chi connectivity index (χ1v) is 2.76. The third kappa shape index (κ3) is 1.31. The topological polar surface area (TPSA) is 68.0 Å². The normalized spacial score (nSPS) is 9.40. The van der Waals surface area contributed by atoms with Gasteiger partial charge in [0, 0.05) is 19.1 Å². The lowest BCUT2D eigenvalue weighted by molar-refractivity contribution is -0.114. The van der Waals surface area contributed by atoms with Crippen LogP contribution in [-0.2, 0) is 4.79 Å². The number of amides is 1. The largest absolute Gasteiger partial charge is 0.340 e. The minimum atomic E-state index is -0.182. The van der Waals surface area contributed by atoms with E-state index in [2.05, 4.69) is 20.2 Å². The van der Waals surface area contributed by atoms with E-state index in [1.807, 2.05) is 0 Å². The Morgan fingerprint density at radius 1 is 1.70 bits per heavy atom. The van der Waals surface area contributed by atoms with Crippen molar-refractivity contribution in [3.8, 4) is 0 Å². The first-order chi connectivity index (χ1) is 4.70. The summed E-state index contributed by atoms with van der Waals surface area (Å²) >= 11 is 0. The molecule has 0 saturated heterocycles. The highest BCUT2D eigenvalue weighted by Gasteiger charge is 2.04. The van der Waals surface area contributed by atoms with Crippen molar-refractivity contribution < 1.29 is 9.32 Å². The molecule has 5 heteroatoms. The summed E-state index contributed by atoms with van der Waals surface area (Å²) in [7, 11) is 0. The molecule has 0 atom stereocenters. The molecule has 1 heterocycles. The summed E-state index contributed by atoms with van der Waals surface area (Å²) in [6, 6.07) is 0. The molecule has 1 rings (SSSR count). The number of hydrogen-bond donors (Lipinski definition) is 1. The fourth-order valence-corrected chi connectivity index (χ4v) is 0.516. The summed E-state index contributed by atoms with van der Waals surface area (Å²) in [5, 5.41) is 9.19. The zero-order chi connectivity index (χ0) is 7.56. The van der Waals surface area contributed by atoms with Gasteiger partial charge in [-0.1, -0.05) is 5.10 Å². The molecule has 0 radical (unpaired) electrons. The third-order valence-electron chi connectivity index (χ3n) is 0.946. The second-order valence-corrected chi connectivity index (χ2v) is 1.86. The van der Waals surface area contributed by atoms with Crippen LogP contribution in [0.15, 0.2) is 4.52 Å². The Bertz CT molecular complexity index is 243. The third-order valence-corrected chi connectivity index (χ3v) is 0.946. The quantitative estimate of drug-likeness (QED) is 0.612. The maximum Gasteiger partial charge on any atom is 0.222 e. The fourth-order valence-electron chi connectivity index (χ4n) is 0.516. The van der Waals surface area contributed by atoms with Gasteiger partial charge in [0.05, 0.1) is 0 Å². The van der Waals surface area contributed by atoms with Gasteiger partial charge < -0.3 is 9.84 Å². The fraction of sp³-hybridized carbons (Fsp3) is 0.400. The van der Waals surface area contributed by atoms with Gasteiger partial charge in [0.2, 0.25) is 5.91 Å². The molecule has 10 heavy (non-hydrogen) atoms. The van der Waals surface area contributed by atoms with E-state index in [0.29, 0.717) is 11.6 Å². The van der Waals surface area contributed by atoms with E-state index in [0.717, 1.165) is 0 Å². The predicted molar refractivity (Wildman–Crippen MR) is 33.3 cm³/mol. The minimum absolute atomic E-state index is 0.182. The number of nitrogens with zero attached hydrogens (tertiary/aromatic N) is 2. The lowest BCUT2D eigenvalue weighted by atomic mass is 10.5. The van der Waals surface area contributed by atoms with Crippen molar-refractivity contribution in [3.05, 3.63) is 5.76 Å². The van der Waals surface area contributed by atoms with Gasteiger partial charge in [-0.15, -0.1) is 0 Å². The summed E-state index contributed by atoms with van der Waals surface area (Å²) in [5.74, 6) is 0.710. The van der Waals surface area contributed by atoms with Gasteiger partial charge in [0.1, 0.15) is 0 Å². The number of nitrogens with one attached hydrogen (secondary N) is 1. The molecule has 54 valence electrons. The number of hydrogen-bond acceptors (Lipinski definition) is 4. The van der Waals surface area contributed by atoms with Crippen LogP contribution in [0.3, 0.4) is 0 Å². The van der Waals surface area contributed by atoms with Crippen molar-refractivity contribution in [2.24, 2.45) is 0 Å². The molecule has 1 aromatic rings. The van der Waals surface area contributed by atoms with E-state index in [1.54, 1.807) is 6.92 Å². The highest BCUT2D eigenvalue weighted by Crippen LogP contribution is 2.06. The summed E-state index contributed by atoms with van der Waals surface area (Å²) in [4.78, 5) is 10.4. The van der Waals surface area contributed by atoms with E-state index < -0.39 is 0 Å². The molecule has 0 fully saturated rings. The SMILES string of the molecule is CC(=O)Nc1nnoc1C. The van der Waals surface area contributed by atoms with Crippen LogP contribution in [0.1, 0.15) is 12.7 Å². The maximum atomic E-state index is 10.4.